The van der Waals surface area contributed by atoms with Crippen molar-refractivity contribution < 1.29 is 22.4 Å². The van der Waals surface area contributed by atoms with Gasteiger partial charge in [-0.15, -0.1) is 0 Å². The fourth-order valence-electron chi connectivity index (χ4n) is 5.37. The molecule has 0 unspecified atom stereocenters. The molecule has 0 radical (unpaired) electrons. The van der Waals surface area contributed by atoms with Gasteiger partial charge in [0.05, 0.1) is 27.0 Å². The number of hydrogen-bond donors (Lipinski definition) is 4. The van der Waals surface area contributed by atoms with Gasteiger partial charge in [-0.1, -0.05) is 102 Å². The third-order valence-corrected chi connectivity index (χ3v) is 11.7. The van der Waals surface area contributed by atoms with Gasteiger partial charge in [0.25, 0.3) is 0 Å². The van der Waals surface area contributed by atoms with Crippen LogP contribution in [0.5, 0.6) is 0 Å². The second kappa shape index (κ2) is 18.2. The molecule has 0 amide bonds. The Bertz CT molecular complexity index is 2570. The summed E-state index contributed by atoms with van der Waals surface area (Å²) in [6.07, 6.45) is 3.17. The summed E-state index contributed by atoms with van der Waals surface area (Å²) in [5, 5.41) is 7.63. The molecule has 0 fully saturated rings. The fourth-order valence-corrected chi connectivity index (χ4v) is 8.00. The van der Waals surface area contributed by atoms with Crippen LogP contribution in [0.1, 0.15) is 52.7 Å². The van der Waals surface area contributed by atoms with Crippen molar-refractivity contribution in [2.75, 3.05) is 10.6 Å². The van der Waals surface area contributed by atoms with Crippen LogP contribution >= 0.6 is 22.7 Å². The molecule has 56 heavy (non-hydrogen) atoms. The van der Waals surface area contributed by atoms with Crippen LogP contribution in [0.4, 0.5) is 26.0 Å². The number of nitrogens with one attached hydrogen (secondary N) is 3. The average Bonchev–Trinajstić information content (AvgIpc) is 3.88. The Balaban J connectivity index is 0.000000202. The smallest absolute Gasteiger partial charge is 0.240 e. The van der Waals surface area contributed by atoms with Crippen molar-refractivity contribution in [3.05, 3.63) is 183 Å². The predicted octanol–water partition coefficient (Wildman–Crippen LogP) is 8.93. The summed E-state index contributed by atoms with van der Waals surface area (Å²) < 4.78 is 40.4. The van der Waals surface area contributed by atoms with E-state index in [4.69, 9.17) is 5.73 Å². The Morgan fingerprint density at radius 2 is 1.14 bits per heavy atom. The SMILES string of the molecule is Cc1ccccc1C(=O)c1cnc(Nc2ccc(CN)cc2)s1.Cc1ccccc1C(=O)c1cnc(Nc2ccc(CNS(=O)(=O)c3cccc(F)c3)cc2)s1. The molecule has 284 valence electrons. The van der Waals surface area contributed by atoms with E-state index < -0.39 is 15.8 Å². The molecular formula is C42H37FN6O4S3. The van der Waals surface area contributed by atoms with Crippen molar-refractivity contribution in [2.24, 2.45) is 5.73 Å². The summed E-state index contributed by atoms with van der Waals surface area (Å²) in [4.78, 5) is 34.9. The lowest BCUT2D eigenvalue weighted by Crippen LogP contribution is -2.23. The Morgan fingerprint density at radius 1 is 0.661 bits per heavy atom. The van der Waals surface area contributed by atoms with E-state index in [0.29, 0.717) is 32.1 Å². The second-order valence-corrected chi connectivity index (χ2v) is 16.3. The third-order valence-electron chi connectivity index (χ3n) is 8.46. The number of ketones is 2. The lowest BCUT2D eigenvalue weighted by molar-refractivity contribution is 0.103. The molecule has 0 atom stereocenters. The standard InChI is InChI=1S/C24H20FN3O3S2.C18H17N3OS/c1-16-5-2-3-8-21(16)23(29)22-15-26-24(32-22)28-19-11-9-17(10-12-19)14-27-33(30,31)20-7-4-6-18(25)13-20;1-12-4-2-3-5-15(12)17(22)16-11-20-18(23-16)21-14-8-6-13(10-19)7-9-14/h2-13,15,27H,14H2,1H3,(H,26,28);2-9,11H,10,19H2,1H3,(H,20,21). The molecule has 0 saturated heterocycles. The predicted molar refractivity (Wildman–Crippen MR) is 221 cm³/mol. The van der Waals surface area contributed by atoms with E-state index >= 15 is 0 Å². The number of aryl methyl sites for hydroxylation is 2. The van der Waals surface area contributed by atoms with E-state index in [0.717, 1.165) is 45.3 Å². The molecule has 5 N–H and O–H groups in total. The van der Waals surface area contributed by atoms with Gasteiger partial charge < -0.3 is 16.4 Å². The van der Waals surface area contributed by atoms with Crippen LogP contribution in [0.2, 0.25) is 0 Å². The number of rotatable bonds is 13. The number of benzene rings is 5. The normalized spacial score (nSPS) is 11.0. The number of aromatic nitrogens is 2. The molecule has 2 aromatic heterocycles. The van der Waals surface area contributed by atoms with E-state index in [1.807, 2.05) is 80.6 Å². The number of halogens is 1. The molecule has 10 nitrogen and oxygen atoms in total. The van der Waals surface area contributed by atoms with Gasteiger partial charge in [-0.25, -0.2) is 27.5 Å². The number of anilines is 4. The highest BCUT2D eigenvalue weighted by molar-refractivity contribution is 7.89. The first-order valence-electron chi connectivity index (χ1n) is 17.3. The Labute approximate surface area is 332 Å². The minimum atomic E-state index is -3.82. The first-order valence-corrected chi connectivity index (χ1v) is 20.4. The molecule has 0 aliphatic carbocycles. The lowest BCUT2D eigenvalue weighted by Gasteiger charge is -2.08. The summed E-state index contributed by atoms with van der Waals surface area (Å²) in [5.74, 6) is -0.675. The Morgan fingerprint density at radius 3 is 1.61 bits per heavy atom. The number of nitrogens with zero attached hydrogens (tertiary/aromatic N) is 2. The number of nitrogens with two attached hydrogens (primary N) is 1. The van der Waals surface area contributed by atoms with Gasteiger partial charge in [-0.2, -0.15) is 0 Å². The van der Waals surface area contributed by atoms with E-state index in [2.05, 4.69) is 25.3 Å². The molecule has 0 saturated carbocycles. The van der Waals surface area contributed by atoms with Gasteiger partial charge >= 0.3 is 0 Å². The van der Waals surface area contributed by atoms with Crippen LogP contribution in [0, 0.1) is 19.7 Å². The maximum absolute atomic E-state index is 13.3. The van der Waals surface area contributed by atoms with Crippen LogP contribution < -0.4 is 21.1 Å². The van der Waals surface area contributed by atoms with Crippen LogP contribution in [0.25, 0.3) is 0 Å². The van der Waals surface area contributed by atoms with Gasteiger partial charge in [0.15, 0.2) is 10.3 Å². The zero-order valence-corrected chi connectivity index (χ0v) is 32.8. The molecule has 0 bridgehead atoms. The van der Waals surface area contributed by atoms with Crippen LogP contribution in [-0.2, 0) is 23.1 Å². The number of carbonyl (C=O) groups is 2. The monoisotopic (exact) mass is 804 g/mol. The van der Waals surface area contributed by atoms with Crippen molar-refractivity contribution >= 4 is 65.9 Å². The molecule has 7 aromatic rings. The van der Waals surface area contributed by atoms with Crippen molar-refractivity contribution in [3.63, 3.8) is 0 Å². The van der Waals surface area contributed by atoms with Gasteiger partial charge in [0.1, 0.15) is 5.82 Å². The first-order chi connectivity index (χ1) is 27.0. The van der Waals surface area contributed by atoms with E-state index in [-0.39, 0.29) is 23.0 Å². The molecular weight excluding hydrogens is 768 g/mol. The second-order valence-electron chi connectivity index (χ2n) is 12.5. The Hall–Kier alpha value is -5.90. The average molecular weight is 805 g/mol. The third kappa shape index (κ3) is 10.2. The van der Waals surface area contributed by atoms with Crippen molar-refractivity contribution in [1.82, 2.24) is 14.7 Å². The molecule has 5 aromatic carbocycles. The summed E-state index contributed by atoms with van der Waals surface area (Å²) in [6, 6.07) is 34.8. The van der Waals surface area contributed by atoms with E-state index in [9.17, 15) is 22.4 Å². The minimum absolute atomic E-state index is 0.00660. The molecule has 2 heterocycles. The molecule has 0 aliphatic rings. The number of hydrogen-bond acceptors (Lipinski definition) is 11. The minimum Gasteiger partial charge on any atom is -0.332 e. The van der Waals surface area contributed by atoms with Crippen molar-refractivity contribution in [3.8, 4) is 0 Å². The zero-order valence-electron chi connectivity index (χ0n) is 30.3. The number of thiazole rings is 2. The summed E-state index contributed by atoms with van der Waals surface area (Å²) in [6.45, 7) is 4.41. The number of sulfonamides is 1. The number of carbonyl (C=O) groups excluding carboxylic acids is 2. The van der Waals surface area contributed by atoms with Gasteiger partial charge in [0.2, 0.25) is 21.6 Å². The highest BCUT2D eigenvalue weighted by Crippen LogP contribution is 2.27. The highest BCUT2D eigenvalue weighted by Gasteiger charge is 2.17. The highest BCUT2D eigenvalue weighted by atomic mass is 32.2. The van der Waals surface area contributed by atoms with Crippen LogP contribution in [0.3, 0.4) is 0 Å². The van der Waals surface area contributed by atoms with Gasteiger partial charge in [-0.3, -0.25) is 9.59 Å². The van der Waals surface area contributed by atoms with Gasteiger partial charge in [0, 0.05) is 35.6 Å². The molecule has 0 spiro atoms. The molecule has 7 rings (SSSR count). The topological polar surface area (TPSA) is 156 Å². The maximum Gasteiger partial charge on any atom is 0.240 e. The Kier molecular flexibility index (Phi) is 12.9. The zero-order chi connectivity index (χ0) is 39.7. The summed E-state index contributed by atoms with van der Waals surface area (Å²) in [7, 11) is -3.82. The molecule has 0 aliphatic heterocycles. The maximum atomic E-state index is 13.3. The fraction of sp³-hybridized carbons (Fsp3) is 0.0952. The molecule has 14 heteroatoms. The summed E-state index contributed by atoms with van der Waals surface area (Å²) >= 11 is 2.61. The van der Waals surface area contributed by atoms with Crippen LogP contribution in [0.15, 0.2) is 139 Å². The van der Waals surface area contributed by atoms with Gasteiger partial charge in [-0.05, 0) is 78.6 Å². The van der Waals surface area contributed by atoms with Crippen molar-refractivity contribution in [2.45, 2.75) is 31.8 Å². The summed E-state index contributed by atoms with van der Waals surface area (Å²) in [5.41, 5.74) is 12.3. The lowest BCUT2D eigenvalue weighted by atomic mass is 10.0. The van der Waals surface area contributed by atoms with E-state index in [1.54, 1.807) is 42.7 Å². The van der Waals surface area contributed by atoms with Crippen molar-refractivity contribution in [1.29, 1.82) is 0 Å². The van der Waals surface area contributed by atoms with Crippen LogP contribution in [-0.4, -0.2) is 30.0 Å². The van der Waals surface area contributed by atoms with E-state index in [1.165, 1.54) is 40.9 Å². The first kappa shape index (κ1) is 39.8. The quantitative estimate of drug-likeness (QED) is 0.0836. The largest absolute Gasteiger partial charge is 0.332 e.